The van der Waals surface area contributed by atoms with E-state index in [0.717, 1.165) is 18.4 Å². The number of nitrogens with one attached hydrogen (secondary N) is 1. The molecule has 1 aliphatic rings. The number of ether oxygens (including phenoxy) is 1. The molecule has 2 aromatic heterocycles. The summed E-state index contributed by atoms with van der Waals surface area (Å²) in [5.41, 5.74) is 5.19. The summed E-state index contributed by atoms with van der Waals surface area (Å²) < 4.78 is 16.1. The Kier molecular flexibility index (Phi) is 4.97. The molecule has 1 N–H and O–H groups in total. The van der Waals surface area contributed by atoms with E-state index in [4.69, 9.17) is 13.6 Å². The van der Waals surface area contributed by atoms with Crippen LogP contribution in [0.4, 0.5) is 0 Å². The summed E-state index contributed by atoms with van der Waals surface area (Å²) in [5, 5.41) is 4.28. The number of hydrogen-bond acceptors (Lipinski definition) is 6. The van der Waals surface area contributed by atoms with Crippen molar-refractivity contribution in [1.29, 1.82) is 0 Å². The first-order chi connectivity index (χ1) is 12.4. The smallest absolute Gasteiger partial charge is 0.374 e. The van der Waals surface area contributed by atoms with Crippen molar-refractivity contribution in [3.63, 3.8) is 0 Å². The summed E-state index contributed by atoms with van der Waals surface area (Å²) >= 11 is 0. The largest absolute Gasteiger partial charge is 0.469 e. The van der Waals surface area contributed by atoms with Crippen molar-refractivity contribution in [2.75, 3.05) is 0 Å². The van der Waals surface area contributed by atoms with Gasteiger partial charge in [-0.05, 0) is 46.6 Å². The lowest BCUT2D eigenvalue weighted by Gasteiger charge is -2.13. The van der Waals surface area contributed by atoms with E-state index in [1.807, 2.05) is 6.92 Å². The highest BCUT2D eigenvalue weighted by atomic mass is 16.6. The molecule has 0 radical (unpaired) electrons. The minimum absolute atomic E-state index is 0.204. The summed E-state index contributed by atoms with van der Waals surface area (Å²) in [7, 11) is 0. The van der Waals surface area contributed by atoms with E-state index in [0.29, 0.717) is 34.8 Å². The van der Waals surface area contributed by atoms with Gasteiger partial charge >= 0.3 is 5.97 Å². The maximum Gasteiger partial charge on any atom is 0.374 e. The number of fused-ring (bicyclic) bond motifs is 1. The second kappa shape index (κ2) is 7.19. The Morgan fingerprint density at radius 2 is 2.04 bits per heavy atom. The molecule has 2 aromatic rings. The first-order valence-corrected chi connectivity index (χ1v) is 8.63. The average Bonchev–Trinajstić information content (AvgIpc) is 3.16. The molecule has 0 spiro atoms. The molecule has 0 saturated heterocycles. The Hall–Kier alpha value is -2.83. The molecular formula is C19H22N2O5. The van der Waals surface area contributed by atoms with Gasteiger partial charge in [0.2, 0.25) is 5.76 Å². The molecular weight excluding hydrogens is 336 g/mol. The van der Waals surface area contributed by atoms with E-state index in [-0.39, 0.29) is 17.8 Å². The van der Waals surface area contributed by atoms with Crippen LogP contribution < -0.4 is 5.43 Å². The molecule has 0 saturated carbocycles. The van der Waals surface area contributed by atoms with Gasteiger partial charge in [-0.25, -0.2) is 10.2 Å². The number of amides is 1. The van der Waals surface area contributed by atoms with Gasteiger partial charge in [0.1, 0.15) is 11.5 Å². The normalized spacial score (nSPS) is 15.2. The predicted octanol–water partition coefficient (Wildman–Crippen LogP) is 3.53. The first kappa shape index (κ1) is 18.0. The highest BCUT2D eigenvalue weighted by Gasteiger charge is 2.29. The van der Waals surface area contributed by atoms with Crippen LogP contribution >= 0.6 is 0 Å². The van der Waals surface area contributed by atoms with Crippen molar-refractivity contribution >= 4 is 17.6 Å². The molecule has 7 nitrogen and oxygen atoms in total. The van der Waals surface area contributed by atoms with Gasteiger partial charge in [0.25, 0.3) is 5.91 Å². The summed E-state index contributed by atoms with van der Waals surface area (Å²) in [4.78, 5) is 24.4. The molecule has 1 amide bonds. The fourth-order valence-electron chi connectivity index (χ4n) is 3.04. The topological polar surface area (TPSA) is 94.0 Å². The third kappa shape index (κ3) is 3.42. The molecule has 0 atom stereocenters. The number of carbonyl (C=O) groups excluding carboxylic acids is 2. The zero-order valence-corrected chi connectivity index (χ0v) is 15.3. The number of hydrogen-bond donors (Lipinski definition) is 1. The fourth-order valence-corrected chi connectivity index (χ4v) is 3.04. The van der Waals surface area contributed by atoms with Gasteiger partial charge in [-0.2, -0.15) is 5.10 Å². The Bertz CT molecular complexity index is 873. The third-order valence-corrected chi connectivity index (χ3v) is 4.25. The van der Waals surface area contributed by atoms with Crippen molar-refractivity contribution < 1.29 is 23.2 Å². The molecule has 3 rings (SSSR count). The lowest BCUT2D eigenvalue weighted by atomic mass is 9.93. The molecule has 138 valence electrons. The summed E-state index contributed by atoms with van der Waals surface area (Å²) in [6.07, 6.45) is 3.48. The van der Waals surface area contributed by atoms with E-state index in [9.17, 15) is 9.59 Å². The summed E-state index contributed by atoms with van der Waals surface area (Å²) in [6.45, 7) is 7.10. The molecule has 7 heteroatoms. The number of nitrogens with zero attached hydrogens (tertiary/aromatic N) is 1. The number of esters is 1. The molecule has 0 fully saturated rings. The molecule has 0 aliphatic heterocycles. The van der Waals surface area contributed by atoms with Crippen LogP contribution in [-0.4, -0.2) is 23.7 Å². The zero-order chi connectivity index (χ0) is 18.8. The van der Waals surface area contributed by atoms with Crippen molar-refractivity contribution in [3.8, 4) is 0 Å². The van der Waals surface area contributed by atoms with Gasteiger partial charge in [0.15, 0.2) is 0 Å². The number of hydrazone groups is 1. The van der Waals surface area contributed by atoms with E-state index in [2.05, 4.69) is 10.5 Å². The van der Waals surface area contributed by atoms with Crippen LogP contribution in [0.3, 0.4) is 0 Å². The van der Waals surface area contributed by atoms with Gasteiger partial charge in [-0.3, -0.25) is 4.79 Å². The van der Waals surface area contributed by atoms with Gasteiger partial charge in [-0.1, -0.05) is 0 Å². The van der Waals surface area contributed by atoms with Gasteiger partial charge in [0, 0.05) is 17.5 Å². The quantitative estimate of drug-likeness (QED) is 0.666. The van der Waals surface area contributed by atoms with Gasteiger partial charge < -0.3 is 13.6 Å². The van der Waals surface area contributed by atoms with Crippen molar-refractivity contribution in [2.24, 2.45) is 5.10 Å². The van der Waals surface area contributed by atoms with E-state index < -0.39 is 5.97 Å². The maximum absolute atomic E-state index is 12.2. The Morgan fingerprint density at radius 3 is 2.69 bits per heavy atom. The van der Waals surface area contributed by atoms with Crippen LogP contribution in [0.2, 0.25) is 0 Å². The molecule has 26 heavy (non-hydrogen) atoms. The monoisotopic (exact) mass is 358 g/mol. The van der Waals surface area contributed by atoms with Crippen molar-refractivity contribution in [2.45, 2.75) is 53.1 Å². The van der Waals surface area contributed by atoms with Crippen LogP contribution in [0, 0.1) is 13.8 Å². The Labute approximate surface area is 151 Å². The highest BCUT2D eigenvalue weighted by molar-refractivity contribution is 6.06. The van der Waals surface area contributed by atoms with E-state index in [1.165, 1.54) is 6.26 Å². The molecule has 0 aromatic carbocycles. The van der Waals surface area contributed by atoms with Crippen molar-refractivity contribution in [1.82, 2.24) is 5.43 Å². The highest BCUT2D eigenvalue weighted by Crippen LogP contribution is 2.30. The third-order valence-electron chi connectivity index (χ3n) is 4.25. The Morgan fingerprint density at radius 1 is 1.27 bits per heavy atom. The van der Waals surface area contributed by atoms with Gasteiger partial charge in [0.05, 0.1) is 23.6 Å². The minimum atomic E-state index is -0.482. The number of aryl methyl sites for hydroxylation is 2. The summed E-state index contributed by atoms with van der Waals surface area (Å²) in [6, 6.07) is 1.60. The van der Waals surface area contributed by atoms with Crippen LogP contribution in [-0.2, 0) is 11.2 Å². The zero-order valence-electron chi connectivity index (χ0n) is 15.3. The number of furan rings is 2. The average molecular weight is 358 g/mol. The molecule has 1 aliphatic carbocycles. The lowest BCUT2D eigenvalue weighted by molar-refractivity contribution is 0.0338. The predicted molar refractivity (Wildman–Crippen MR) is 94.4 cm³/mol. The van der Waals surface area contributed by atoms with E-state index >= 15 is 0 Å². The fraction of sp³-hybridized carbons (Fsp3) is 0.421. The SMILES string of the molecule is Cc1occc1C(=O)N/N=C1\CCCc2oc(C(=O)OC(C)C)c(C)c21. The van der Waals surface area contributed by atoms with E-state index in [1.54, 1.807) is 26.8 Å². The van der Waals surface area contributed by atoms with Crippen LogP contribution in [0.1, 0.15) is 70.2 Å². The first-order valence-electron chi connectivity index (χ1n) is 8.63. The number of rotatable bonds is 4. The maximum atomic E-state index is 12.2. The van der Waals surface area contributed by atoms with Crippen molar-refractivity contribution in [3.05, 3.63) is 46.3 Å². The lowest BCUT2D eigenvalue weighted by Crippen LogP contribution is -2.22. The van der Waals surface area contributed by atoms with Crippen LogP contribution in [0.15, 0.2) is 26.3 Å². The van der Waals surface area contributed by atoms with Crippen LogP contribution in [0.5, 0.6) is 0 Å². The molecule has 0 unspecified atom stereocenters. The standard InChI is InChI=1S/C19H22N2O5/c1-10(2)25-19(23)17-11(3)16-14(6-5-7-15(16)26-17)20-21-18(22)13-8-9-24-12(13)4/h8-10H,5-7H2,1-4H3,(H,21,22)/b20-14+. The second-order valence-electron chi connectivity index (χ2n) is 6.55. The van der Waals surface area contributed by atoms with Gasteiger partial charge in [-0.15, -0.1) is 0 Å². The van der Waals surface area contributed by atoms with Crippen LogP contribution in [0.25, 0.3) is 0 Å². The number of carbonyl (C=O) groups is 2. The second-order valence-corrected chi connectivity index (χ2v) is 6.55. The Balaban J connectivity index is 1.86. The molecule has 0 bridgehead atoms. The minimum Gasteiger partial charge on any atom is -0.469 e. The molecule has 2 heterocycles. The summed E-state index contributed by atoms with van der Waals surface area (Å²) in [5.74, 6) is 0.623.